The molecule has 9 heteroatoms. The summed E-state index contributed by atoms with van der Waals surface area (Å²) in [7, 11) is 0. The number of hydrogen-bond acceptors (Lipinski definition) is 4. The number of carbonyl (C=O) groups is 1. The fourth-order valence-corrected chi connectivity index (χ4v) is 3.96. The summed E-state index contributed by atoms with van der Waals surface area (Å²) >= 11 is 23.6. The van der Waals surface area contributed by atoms with Gasteiger partial charge in [0.2, 0.25) is 0 Å². The Morgan fingerprint density at radius 3 is 2.48 bits per heavy atom. The molecule has 3 rings (SSSR count). The van der Waals surface area contributed by atoms with Gasteiger partial charge in [-0.15, -0.1) is 0 Å². The maximum atomic E-state index is 12.4. The van der Waals surface area contributed by atoms with Crippen molar-refractivity contribution in [3.63, 3.8) is 0 Å². The molecule has 29 heavy (non-hydrogen) atoms. The summed E-state index contributed by atoms with van der Waals surface area (Å²) in [4.78, 5) is 14.6. The van der Waals surface area contributed by atoms with Crippen LogP contribution in [0.2, 0.25) is 15.1 Å². The van der Waals surface area contributed by atoms with Gasteiger partial charge < -0.3 is 15.0 Å². The van der Waals surface area contributed by atoms with E-state index in [1.807, 2.05) is 12.1 Å². The molecular weight excluding hydrogens is 453 g/mol. The number of halogens is 3. The van der Waals surface area contributed by atoms with Gasteiger partial charge in [0.15, 0.2) is 11.2 Å². The molecule has 2 N–H and O–H groups in total. The molecule has 0 bridgehead atoms. The largest absolute Gasteiger partial charge is 0.479 e. The van der Waals surface area contributed by atoms with Gasteiger partial charge in [-0.2, -0.15) is 0 Å². The number of hydrogen-bond donors (Lipinski definition) is 2. The zero-order valence-electron chi connectivity index (χ0n) is 15.7. The molecule has 1 unspecified atom stereocenters. The number of carbonyl (C=O) groups excluding carboxylic acids is 1. The first-order valence-corrected chi connectivity index (χ1v) is 10.7. The minimum absolute atomic E-state index is 0.151. The van der Waals surface area contributed by atoms with Crippen LogP contribution >= 0.6 is 47.0 Å². The average molecular weight is 473 g/mol. The van der Waals surface area contributed by atoms with Crippen LogP contribution in [0.1, 0.15) is 19.8 Å². The standard InChI is InChI=1S/C20H20Cl3N3O2S/c1-12(28-18-7-4-13(21)10-16(18)23)19(27)25-20(29)24-14-5-6-17(15(22)11-14)26-8-2-3-9-26/h4-7,10-12H,2-3,8-9H2,1H3,(H2,24,25,27,29). The van der Waals surface area contributed by atoms with Gasteiger partial charge in [-0.05, 0) is 68.4 Å². The van der Waals surface area contributed by atoms with E-state index in [0.717, 1.165) is 18.8 Å². The van der Waals surface area contributed by atoms with Crippen molar-refractivity contribution in [3.05, 3.63) is 51.5 Å². The lowest BCUT2D eigenvalue weighted by Crippen LogP contribution is -2.42. The van der Waals surface area contributed by atoms with Gasteiger partial charge in [0.05, 0.1) is 15.7 Å². The number of benzene rings is 2. The Morgan fingerprint density at radius 2 is 1.83 bits per heavy atom. The maximum absolute atomic E-state index is 12.4. The smallest absolute Gasteiger partial charge is 0.266 e. The molecule has 2 aromatic carbocycles. The quantitative estimate of drug-likeness (QED) is 0.561. The van der Waals surface area contributed by atoms with E-state index in [2.05, 4.69) is 15.5 Å². The summed E-state index contributed by atoms with van der Waals surface area (Å²) in [5.74, 6) is -0.0461. The molecule has 1 aliphatic rings. The van der Waals surface area contributed by atoms with Crippen LogP contribution in [0.3, 0.4) is 0 Å². The first kappa shape index (κ1) is 22.0. The van der Waals surface area contributed by atoms with Crippen LogP contribution in [0.15, 0.2) is 36.4 Å². The van der Waals surface area contributed by atoms with Crippen LogP contribution < -0.4 is 20.3 Å². The molecule has 1 fully saturated rings. The second-order valence-electron chi connectivity index (χ2n) is 6.64. The van der Waals surface area contributed by atoms with Gasteiger partial charge in [0.1, 0.15) is 5.75 Å². The summed E-state index contributed by atoms with van der Waals surface area (Å²) in [6.07, 6.45) is 1.54. The average Bonchev–Trinajstić information content (AvgIpc) is 3.18. The predicted molar refractivity (Wildman–Crippen MR) is 124 cm³/mol. The molecule has 1 atom stereocenters. The predicted octanol–water partition coefficient (Wildman–Crippen LogP) is 5.53. The highest BCUT2D eigenvalue weighted by Gasteiger charge is 2.18. The molecule has 0 radical (unpaired) electrons. The lowest BCUT2D eigenvalue weighted by Gasteiger charge is -2.20. The van der Waals surface area contributed by atoms with E-state index in [4.69, 9.17) is 51.8 Å². The van der Waals surface area contributed by atoms with Crippen molar-refractivity contribution in [3.8, 4) is 5.75 Å². The minimum atomic E-state index is -0.811. The van der Waals surface area contributed by atoms with Crippen molar-refractivity contribution in [1.82, 2.24) is 5.32 Å². The van der Waals surface area contributed by atoms with Gasteiger partial charge in [-0.1, -0.05) is 34.8 Å². The second kappa shape index (κ2) is 9.85. The van der Waals surface area contributed by atoms with Crippen molar-refractivity contribution in [2.24, 2.45) is 0 Å². The van der Waals surface area contributed by atoms with E-state index < -0.39 is 12.0 Å². The fraction of sp³-hybridized carbons (Fsp3) is 0.300. The van der Waals surface area contributed by atoms with Gasteiger partial charge in [0, 0.05) is 23.8 Å². The van der Waals surface area contributed by atoms with E-state index in [9.17, 15) is 4.79 Å². The van der Waals surface area contributed by atoms with Crippen molar-refractivity contribution in [1.29, 1.82) is 0 Å². The van der Waals surface area contributed by atoms with Crippen LogP contribution in [-0.4, -0.2) is 30.2 Å². The topological polar surface area (TPSA) is 53.6 Å². The molecule has 154 valence electrons. The molecule has 1 aliphatic heterocycles. The molecule has 2 aromatic rings. The van der Waals surface area contributed by atoms with Crippen molar-refractivity contribution in [2.45, 2.75) is 25.9 Å². The number of nitrogens with zero attached hydrogens (tertiary/aromatic N) is 1. The van der Waals surface area contributed by atoms with Crippen LogP contribution in [0, 0.1) is 0 Å². The van der Waals surface area contributed by atoms with Crippen LogP contribution in [0.4, 0.5) is 11.4 Å². The number of anilines is 2. The van der Waals surface area contributed by atoms with Gasteiger partial charge in [-0.3, -0.25) is 10.1 Å². The summed E-state index contributed by atoms with van der Waals surface area (Å²) in [6, 6.07) is 10.4. The number of thiocarbonyl (C=S) groups is 1. The van der Waals surface area contributed by atoms with Crippen molar-refractivity contribution >= 4 is 69.4 Å². The fourth-order valence-electron chi connectivity index (χ4n) is 2.99. The van der Waals surface area contributed by atoms with Gasteiger partial charge >= 0.3 is 0 Å². The molecular formula is C20H20Cl3N3O2S. The zero-order chi connectivity index (χ0) is 21.0. The Morgan fingerprint density at radius 1 is 1.10 bits per heavy atom. The van der Waals surface area contributed by atoms with Gasteiger partial charge in [0.25, 0.3) is 5.91 Å². The van der Waals surface area contributed by atoms with E-state index in [0.29, 0.717) is 26.5 Å². The third-order valence-corrected chi connectivity index (χ3v) is 5.49. The Bertz CT molecular complexity index is 920. The molecule has 0 aromatic heterocycles. The monoisotopic (exact) mass is 471 g/mol. The summed E-state index contributed by atoms with van der Waals surface area (Å²) in [5.41, 5.74) is 1.70. The highest BCUT2D eigenvalue weighted by molar-refractivity contribution is 7.80. The zero-order valence-corrected chi connectivity index (χ0v) is 18.8. The molecule has 5 nitrogen and oxygen atoms in total. The van der Waals surface area contributed by atoms with E-state index in [-0.39, 0.29) is 5.11 Å². The molecule has 1 heterocycles. The third kappa shape index (κ3) is 5.89. The van der Waals surface area contributed by atoms with Gasteiger partial charge in [-0.25, -0.2) is 0 Å². The Hall–Kier alpha value is -1.73. The number of ether oxygens (including phenoxy) is 1. The normalized spacial score (nSPS) is 14.4. The molecule has 0 saturated carbocycles. The number of nitrogens with one attached hydrogen (secondary N) is 2. The Kier molecular flexibility index (Phi) is 7.46. The van der Waals surface area contributed by atoms with Crippen molar-refractivity contribution in [2.75, 3.05) is 23.3 Å². The molecule has 1 saturated heterocycles. The first-order valence-electron chi connectivity index (χ1n) is 9.11. The SMILES string of the molecule is CC(Oc1ccc(Cl)cc1Cl)C(=O)NC(=S)Nc1ccc(N2CCCC2)c(Cl)c1. The van der Waals surface area contributed by atoms with E-state index in [1.54, 1.807) is 31.2 Å². The highest BCUT2D eigenvalue weighted by Crippen LogP contribution is 2.31. The first-order chi connectivity index (χ1) is 13.8. The third-order valence-electron chi connectivity index (χ3n) is 4.46. The van der Waals surface area contributed by atoms with E-state index >= 15 is 0 Å². The maximum Gasteiger partial charge on any atom is 0.266 e. The summed E-state index contributed by atoms with van der Waals surface area (Å²) in [5, 5.41) is 7.17. The Labute approximate surface area is 190 Å². The summed E-state index contributed by atoms with van der Waals surface area (Å²) in [6.45, 7) is 3.62. The van der Waals surface area contributed by atoms with Crippen LogP contribution in [0.25, 0.3) is 0 Å². The lowest BCUT2D eigenvalue weighted by molar-refractivity contribution is -0.125. The second-order valence-corrected chi connectivity index (χ2v) is 8.30. The Balaban J connectivity index is 1.55. The number of amides is 1. The van der Waals surface area contributed by atoms with Crippen LogP contribution in [-0.2, 0) is 4.79 Å². The van der Waals surface area contributed by atoms with Crippen molar-refractivity contribution < 1.29 is 9.53 Å². The number of rotatable bonds is 5. The molecule has 0 aliphatic carbocycles. The summed E-state index contributed by atoms with van der Waals surface area (Å²) < 4.78 is 5.59. The molecule has 0 spiro atoms. The molecule has 1 amide bonds. The lowest BCUT2D eigenvalue weighted by atomic mass is 10.2. The van der Waals surface area contributed by atoms with Crippen LogP contribution in [0.5, 0.6) is 5.75 Å². The minimum Gasteiger partial charge on any atom is -0.479 e. The highest BCUT2D eigenvalue weighted by atomic mass is 35.5. The van der Waals surface area contributed by atoms with E-state index in [1.165, 1.54) is 12.8 Å².